The molecular weight excluding hydrogens is 602 g/mol. The number of halogens is 8. The topological polar surface area (TPSA) is 22.1 Å². The Kier molecular flexibility index (Phi) is 9.22. The van der Waals surface area contributed by atoms with Gasteiger partial charge in [-0.1, -0.05) is 50.1 Å². The van der Waals surface area contributed by atoms with Crippen molar-refractivity contribution in [2.75, 3.05) is 0 Å². The van der Waals surface area contributed by atoms with Gasteiger partial charge in [-0.15, -0.1) is 0 Å². The molecule has 1 heterocycles. The summed E-state index contributed by atoms with van der Waals surface area (Å²) in [5, 5.41) is 0. The lowest BCUT2D eigenvalue weighted by molar-refractivity contribution is -0.189. The highest BCUT2D eigenvalue weighted by molar-refractivity contribution is 5.71. The number of ether oxygens (including phenoxy) is 1. The lowest BCUT2D eigenvalue weighted by Crippen LogP contribution is -2.25. The molecule has 0 saturated carbocycles. The molecule has 0 aliphatic heterocycles. The highest BCUT2D eigenvalue weighted by atomic mass is 19.3. The van der Waals surface area contributed by atoms with E-state index in [4.69, 9.17) is 0 Å². The van der Waals surface area contributed by atoms with Crippen LogP contribution < -0.4 is 4.74 Å². The Morgan fingerprint density at radius 2 is 1.22 bits per heavy atom. The molecule has 0 N–H and O–H groups in total. The van der Waals surface area contributed by atoms with Crippen LogP contribution in [-0.2, 0) is 12.5 Å². The van der Waals surface area contributed by atoms with E-state index in [-0.39, 0.29) is 27.9 Å². The van der Waals surface area contributed by atoms with Crippen LogP contribution >= 0.6 is 0 Å². The molecule has 232 valence electrons. The van der Waals surface area contributed by atoms with Crippen molar-refractivity contribution in [3.8, 4) is 39.3 Å². The van der Waals surface area contributed by atoms with E-state index in [0.29, 0.717) is 17.7 Å². The molecule has 0 aliphatic rings. The van der Waals surface area contributed by atoms with Crippen molar-refractivity contribution in [2.45, 2.75) is 38.7 Å². The Bertz CT molecular complexity index is 1780. The van der Waals surface area contributed by atoms with Gasteiger partial charge in [0, 0.05) is 17.3 Å². The number of aryl methyl sites for hydroxylation is 1. The third-order valence-electron chi connectivity index (χ3n) is 7.22. The second-order valence-corrected chi connectivity index (χ2v) is 10.4. The first-order valence-corrected chi connectivity index (χ1v) is 14.0. The Morgan fingerprint density at radius 3 is 1.80 bits per heavy atom. The molecule has 0 amide bonds. The minimum atomic E-state index is -4.39. The summed E-state index contributed by atoms with van der Waals surface area (Å²) in [5.41, 5.74) is -0.204. The molecule has 0 bridgehead atoms. The average Bonchev–Trinajstić information content (AvgIpc) is 2.99. The summed E-state index contributed by atoms with van der Waals surface area (Å²) in [5.74, 6) is -8.97. The molecule has 5 rings (SSSR count). The first-order chi connectivity index (χ1) is 21.5. The largest absolute Gasteiger partial charge is 0.432 e. The molecule has 0 atom stereocenters. The zero-order chi connectivity index (χ0) is 32.3. The SMILES string of the molecule is CCCCCc1ccc(-c2cc(F)c(C(F)(F)Oc3ccc(-c4ccc(-c5cc(F)c(F)c(F)c5)c(F)c4)cc3)c(F)c2)nc1. The minimum Gasteiger partial charge on any atom is -0.429 e. The summed E-state index contributed by atoms with van der Waals surface area (Å²) < 4.78 is 120. The molecule has 0 spiro atoms. The number of pyridine rings is 1. The third kappa shape index (κ3) is 7.00. The van der Waals surface area contributed by atoms with Gasteiger partial charge in [0.05, 0.1) is 5.69 Å². The van der Waals surface area contributed by atoms with Crippen LogP contribution in [0.4, 0.5) is 35.1 Å². The smallest absolute Gasteiger partial charge is 0.429 e. The monoisotopic (exact) mass is 627 g/mol. The van der Waals surface area contributed by atoms with Crippen LogP contribution in [0.3, 0.4) is 0 Å². The van der Waals surface area contributed by atoms with E-state index >= 15 is 8.78 Å². The number of rotatable bonds is 10. The summed E-state index contributed by atoms with van der Waals surface area (Å²) >= 11 is 0. The van der Waals surface area contributed by atoms with Crippen LogP contribution in [0.25, 0.3) is 33.5 Å². The van der Waals surface area contributed by atoms with Gasteiger partial charge in [-0.05, 0) is 83.6 Å². The predicted octanol–water partition coefficient (Wildman–Crippen LogP) is 10.8. The normalized spacial score (nSPS) is 11.6. The summed E-state index contributed by atoms with van der Waals surface area (Å²) in [6, 6.07) is 14.7. The lowest BCUT2D eigenvalue weighted by Gasteiger charge is -2.20. The molecule has 0 aliphatic carbocycles. The number of aromatic nitrogens is 1. The zero-order valence-corrected chi connectivity index (χ0v) is 23.8. The van der Waals surface area contributed by atoms with Gasteiger partial charge >= 0.3 is 6.11 Å². The van der Waals surface area contributed by atoms with Gasteiger partial charge in [0.2, 0.25) is 0 Å². The van der Waals surface area contributed by atoms with E-state index in [2.05, 4.69) is 16.6 Å². The van der Waals surface area contributed by atoms with E-state index in [1.807, 2.05) is 0 Å². The van der Waals surface area contributed by atoms with Gasteiger partial charge in [-0.2, -0.15) is 8.78 Å². The molecule has 4 aromatic carbocycles. The van der Waals surface area contributed by atoms with Gasteiger partial charge in [0.25, 0.3) is 0 Å². The number of benzene rings is 4. The summed E-state index contributed by atoms with van der Waals surface area (Å²) in [4.78, 5) is 4.22. The number of unbranched alkanes of at least 4 members (excludes halogenated alkanes) is 2. The highest BCUT2D eigenvalue weighted by Gasteiger charge is 2.41. The van der Waals surface area contributed by atoms with Gasteiger partial charge in [0.15, 0.2) is 17.5 Å². The van der Waals surface area contributed by atoms with Gasteiger partial charge in [0.1, 0.15) is 28.8 Å². The van der Waals surface area contributed by atoms with Gasteiger partial charge < -0.3 is 4.74 Å². The summed E-state index contributed by atoms with van der Waals surface area (Å²) in [6.07, 6.45) is 1.10. The van der Waals surface area contributed by atoms with E-state index in [1.54, 1.807) is 18.3 Å². The fourth-order valence-corrected chi connectivity index (χ4v) is 4.88. The van der Waals surface area contributed by atoms with Crippen LogP contribution in [0.15, 0.2) is 85.1 Å². The van der Waals surface area contributed by atoms with Crippen LogP contribution in [-0.4, -0.2) is 4.98 Å². The average molecular weight is 628 g/mol. The molecule has 0 unspecified atom stereocenters. The quantitative estimate of drug-likeness (QED) is 0.0873. The van der Waals surface area contributed by atoms with Gasteiger partial charge in [-0.3, -0.25) is 4.98 Å². The van der Waals surface area contributed by atoms with Crippen LogP contribution in [0, 0.1) is 34.9 Å². The maximum atomic E-state index is 15.0. The van der Waals surface area contributed by atoms with Crippen molar-refractivity contribution in [3.63, 3.8) is 0 Å². The maximum Gasteiger partial charge on any atom is 0.432 e. The first-order valence-electron chi connectivity index (χ1n) is 14.0. The predicted molar refractivity (Wildman–Crippen MR) is 154 cm³/mol. The van der Waals surface area contributed by atoms with Crippen LogP contribution in [0.5, 0.6) is 5.75 Å². The second-order valence-electron chi connectivity index (χ2n) is 10.4. The fraction of sp³-hybridized carbons (Fsp3) is 0.171. The summed E-state index contributed by atoms with van der Waals surface area (Å²) in [6.45, 7) is 2.08. The van der Waals surface area contributed by atoms with Crippen molar-refractivity contribution in [1.29, 1.82) is 0 Å². The lowest BCUT2D eigenvalue weighted by atomic mass is 9.99. The molecule has 1 aromatic heterocycles. The van der Waals surface area contributed by atoms with Gasteiger partial charge in [-0.25, -0.2) is 26.3 Å². The molecule has 0 fully saturated rings. The van der Waals surface area contributed by atoms with E-state index in [9.17, 15) is 26.3 Å². The molecular formula is C35H25F8NO. The van der Waals surface area contributed by atoms with Crippen LogP contribution in [0.2, 0.25) is 0 Å². The number of alkyl halides is 2. The minimum absolute atomic E-state index is 0.0121. The van der Waals surface area contributed by atoms with E-state index < -0.39 is 52.3 Å². The molecule has 10 heteroatoms. The molecule has 2 nitrogen and oxygen atoms in total. The molecule has 0 radical (unpaired) electrons. The highest BCUT2D eigenvalue weighted by Crippen LogP contribution is 2.38. The second kappa shape index (κ2) is 13.1. The third-order valence-corrected chi connectivity index (χ3v) is 7.22. The standard InChI is InChI=1S/C35H25F8NO/c1-2-3-4-5-20-6-13-32(44-19-20)24-17-28(37)33(29(38)18-24)35(42,43)45-25-10-7-21(8-11-25)22-9-12-26(27(36)14-22)23-15-30(39)34(41)31(40)16-23/h6-19H,2-5H2,1H3. The number of nitrogens with zero attached hydrogens (tertiary/aromatic N) is 1. The summed E-state index contributed by atoms with van der Waals surface area (Å²) in [7, 11) is 0. The zero-order valence-electron chi connectivity index (χ0n) is 23.8. The van der Waals surface area contributed by atoms with Crippen molar-refractivity contribution in [1.82, 2.24) is 4.98 Å². The van der Waals surface area contributed by atoms with Crippen molar-refractivity contribution >= 4 is 0 Å². The van der Waals surface area contributed by atoms with E-state index in [0.717, 1.165) is 61.6 Å². The molecule has 45 heavy (non-hydrogen) atoms. The van der Waals surface area contributed by atoms with E-state index in [1.165, 1.54) is 24.3 Å². The number of hydrogen-bond donors (Lipinski definition) is 0. The Morgan fingerprint density at radius 1 is 0.622 bits per heavy atom. The molecule has 0 saturated heterocycles. The Labute approximate surface area is 254 Å². The van der Waals surface area contributed by atoms with Crippen LogP contribution in [0.1, 0.15) is 37.3 Å². The fourth-order valence-electron chi connectivity index (χ4n) is 4.88. The van der Waals surface area contributed by atoms with Crippen molar-refractivity contribution in [2.24, 2.45) is 0 Å². The Balaban J connectivity index is 1.31. The molecule has 5 aromatic rings. The van der Waals surface area contributed by atoms with Crippen molar-refractivity contribution < 1.29 is 39.9 Å². The van der Waals surface area contributed by atoms with Crippen molar-refractivity contribution in [3.05, 3.63) is 131 Å². The number of hydrogen-bond acceptors (Lipinski definition) is 2. The maximum absolute atomic E-state index is 15.0. The Hall–Kier alpha value is -4.73. The first kappa shape index (κ1) is 31.7.